The molecule has 0 spiro atoms. The molecule has 0 radical (unpaired) electrons. The molecule has 100 valence electrons. The van der Waals surface area contributed by atoms with Crippen molar-refractivity contribution in [1.82, 2.24) is 20.4 Å². The molecular formula is C14H13N5O. The van der Waals surface area contributed by atoms with Crippen molar-refractivity contribution in [2.45, 2.75) is 0 Å². The van der Waals surface area contributed by atoms with Gasteiger partial charge >= 0.3 is 0 Å². The molecule has 3 rings (SSSR count). The minimum absolute atomic E-state index is 0.162. The summed E-state index contributed by atoms with van der Waals surface area (Å²) in [6.45, 7) is 0. The van der Waals surface area contributed by atoms with E-state index in [1.165, 1.54) is 0 Å². The molecule has 0 atom stereocenters. The SMILES string of the molecule is CNc1ccc(-c2ccc(-c3cn[nH]c3)cc2O)nn1. The number of aromatic nitrogens is 4. The highest BCUT2D eigenvalue weighted by atomic mass is 16.3. The smallest absolute Gasteiger partial charge is 0.148 e. The van der Waals surface area contributed by atoms with Gasteiger partial charge in [0.05, 0.1) is 11.9 Å². The number of nitrogens with one attached hydrogen (secondary N) is 2. The predicted octanol–water partition coefficient (Wildman–Crippen LogP) is 2.28. The van der Waals surface area contributed by atoms with E-state index in [-0.39, 0.29) is 5.75 Å². The van der Waals surface area contributed by atoms with Crippen LogP contribution in [-0.4, -0.2) is 32.5 Å². The Balaban J connectivity index is 1.98. The lowest BCUT2D eigenvalue weighted by molar-refractivity contribution is 0.477. The van der Waals surface area contributed by atoms with E-state index < -0.39 is 0 Å². The topological polar surface area (TPSA) is 86.7 Å². The molecule has 0 aliphatic heterocycles. The maximum atomic E-state index is 10.2. The zero-order valence-electron chi connectivity index (χ0n) is 10.8. The monoisotopic (exact) mass is 267 g/mol. The van der Waals surface area contributed by atoms with E-state index in [2.05, 4.69) is 25.7 Å². The van der Waals surface area contributed by atoms with Crippen LogP contribution in [0.15, 0.2) is 42.7 Å². The number of phenols is 1. The van der Waals surface area contributed by atoms with Crippen molar-refractivity contribution in [3.8, 4) is 28.1 Å². The van der Waals surface area contributed by atoms with Crippen LogP contribution < -0.4 is 5.32 Å². The van der Waals surface area contributed by atoms with Gasteiger partial charge in [0.15, 0.2) is 0 Å². The van der Waals surface area contributed by atoms with Crippen LogP contribution in [0.3, 0.4) is 0 Å². The van der Waals surface area contributed by atoms with Gasteiger partial charge in [0.1, 0.15) is 11.6 Å². The van der Waals surface area contributed by atoms with Crippen LogP contribution in [0, 0.1) is 0 Å². The summed E-state index contributed by atoms with van der Waals surface area (Å²) >= 11 is 0. The number of hydrogen-bond acceptors (Lipinski definition) is 5. The molecule has 2 heterocycles. The Morgan fingerprint density at radius 1 is 1.10 bits per heavy atom. The van der Waals surface area contributed by atoms with Crippen LogP contribution in [0.25, 0.3) is 22.4 Å². The summed E-state index contributed by atoms with van der Waals surface area (Å²) in [6, 6.07) is 9.04. The van der Waals surface area contributed by atoms with Gasteiger partial charge in [-0.05, 0) is 29.8 Å². The third-order valence-electron chi connectivity index (χ3n) is 3.03. The summed E-state index contributed by atoms with van der Waals surface area (Å²) in [4.78, 5) is 0. The molecule has 6 nitrogen and oxygen atoms in total. The molecule has 3 aromatic rings. The second kappa shape index (κ2) is 5.00. The minimum Gasteiger partial charge on any atom is -0.507 e. The summed E-state index contributed by atoms with van der Waals surface area (Å²) < 4.78 is 0. The first kappa shape index (κ1) is 12.2. The molecule has 20 heavy (non-hydrogen) atoms. The Bertz CT molecular complexity index is 707. The van der Waals surface area contributed by atoms with E-state index in [9.17, 15) is 5.11 Å². The van der Waals surface area contributed by atoms with Gasteiger partial charge in [-0.3, -0.25) is 5.10 Å². The Morgan fingerprint density at radius 3 is 2.60 bits per heavy atom. The van der Waals surface area contributed by atoms with Gasteiger partial charge in [0.2, 0.25) is 0 Å². The van der Waals surface area contributed by atoms with E-state index in [1.807, 2.05) is 24.3 Å². The number of phenolic OH excluding ortho intramolecular Hbond substituents is 1. The molecule has 6 heteroatoms. The molecular weight excluding hydrogens is 254 g/mol. The molecule has 0 saturated heterocycles. The van der Waals surface area contributed by atoms with Crippen molar-refractivity contribution in [1.29, 1.82) is 0 Å². The van der Waals surface area contributed by atoms with Gasteiger partial charge in [-0.15, -0.1) is 10.2 Å². The van der Waals surface area contributed by atoms with Gasteiger partial charge in [-0.2, -0.15) is 5.10 Å². The van der Waals surface area contributed by atoms with E-state index in [0.29, 0.717) is 17.1 Å². The van der Waals surface area contributed by atoms with E-state index in [4.69, 9.17) is 0 Å². The Kier molecular flexibility index (Phi) is 3.04. The molecule has 1 aromatic carbocycles. The van der Waals surface area contributed by atoms with Crippen LogP contribution in [0.5, 0.6) is 5.75 Å². The van der Waals surface area contributed by atoms with Crippen LogP contribution in [-0.2, 0) is 0 Å². The highest BCUT2D eigenvalue weighted by Gasteiger charge is 2.09. The Hall–Kier alpha value is -2.89. The lowest BCUT2D eigenvalue weighted by atomic mass is 10.0. The van der Waals surface area contributed by atoms with E-state index in [1.54, 1.807) is 25.5 Å². The molecule has 3 N–H and O–H groups in total. The van der Waals surface area contributed by atoms with Crippen LogP contribution in [0.4, 0.5) is 5.82 Å². The standard InChI is InChI=1S/C14H13N5O/c1-15-14-5-4-12(18-19-14)11-3-2-9(6-13(11)20)10-7-16-17-8-10/h2-8,20H,1H3,(H,15,19)(H,16,17). The number of rotatable bonds is 3. The molecule has 2 aromatic heterocycles. The van der Waals surface area contributed by atoms with Gasteiger partial charge < -0.3 is 10.4 Å². The molecule has 0 aliphatic rings. The first-order valence-corrected chi connectivity index (χ1v) is 6.12. The molecule has 0 unspecified atom stereocenters. The van der Waals surface area contributed by atoms with Crippen molar-refractivity contribution in [2.24, 2.45) is 0 Å². The van der Waals surface area contributed by atoms with Crippen LogP contribution in [0.1, 0.15) is 0 Å². The van der Waals surface area contributed by atoms with E-state index in [0.717, 1.165) is 11.1 Å². The van der Waals surface area contributed by atoms with Crippen molar-refractivity contribution in [3.63, 3.8) is 0 Å². The minimum atomic E-state index is 0.162. The third kappa shape index (κ3) is 2.18. The van der Waals surface area contributed by atoms with Crippen molar-refractivity contribution in [2.75, 3.05) is 12.4 Å². The number of aromatic amines is 1. The zero-order chi connectivity index (χ0) is 13.9. The van der Waals surface area contributed by atoms with Gasteiger partial charge in [-0.25, -0.2) is 0 Å². The van der Waals surface area contributed by atoms with Crippen molar-refractivity contribution in [3.05, 3.63) is 42.7 Å². The first-order valence-electron chi connectivity index (χ1n) is 6.12. The van der Waals surface area contributed by atoms with Crippen LogP contribution >= 0.6 is 0 Å². The fourth-order valence-electron chi connectivity index (χ4n) is 1.95. The predicted molar refractivity (Wildman–Crippen MR) is 76.3 cm³/mol. The quantitative estimate of drug-likeness (QED) is 0.677. The summed E-state index contributed by atoms with van der Waals surface area (Å²) in [5, 5.41) is 27.8. The molecule has 0 aliphatic carbocycles. The molecule has 0 fully saturated rings. The van der Waals surface area contributed by atoms with Crippen LogP contribution in [0.2, 0.25) is 0 Å². The number of H-pyrrole nitrogens is 1. The lowest BCUT2D eigenvalue weighted by Gasteiger charge is -2.06. The number of aromatic hydroxyl groups is 1. The number of benzene rings is 1. The summed E-state index contributed by atoms with van der Waals surface area (Å²) in [7, 11) is 1.78. The van der Waals surface area contributed by atoms with Gasteiger partial charge in [0, 0.05) is 24.4 Å². The second-order valence-corrected chi connectivity index (χ2v) is 4.27. The average Bonchev–Trinajstić information content (AvgIpc) is 3.01. The highest BCUT2D eigenvalue weighted by molar-refractivity contribution is 5.73. The summed E-state index contributed by atoms with van der Waals surface area (Å²) in [6.07, 6.45) is 3.48. The Morgan fingerprint density at radius 2 is 2.00 bits per heavy atom. The second-order valence-electron chi connectivity index (χ2n) is 4.27. The lowest BCUT2D eigenvalue weighted by Crippen LogP contribution is -1.95. The summed E-state index contributed by atoms with van der Waals surface area (Å²) in [5.41, 5.74) is 3.08. The third-order valence-corrected chi connectivity index (χ3v) is 3.03. The molecule has 0 amide bonds. The average molecular weight is 267 g/mol. The normalized spacial score (nSPS) is 10.4. The van der Waals surface area contributed by atoms with E-state index >= 15 is 0 Å². The molecule has 0 bridgehead atoms. The number of anilines is 1. The van der Waals surface area contributed by atoms with Gasteiger partial charge in [-0.1, -0.05) is 6.07 Å². The van der Waals surface area contributed by atoms with Gasteiger partial charge in [0.25, 0.3) is 0 Å². The zero-order valence-corrected chi connectivity index (χ0v) is 10.8. The number of hydrogen-bond donors (Lipinski definition) is 3. The largest absolute Gasteiger partial charge is 0.507 e. The fraction of sp³-hybridized carbons (Fsp3) is 0.0714. The fourth-order valence-corrected chi connectivity index (χ4v) is 1.95. The van der Waals surface area contributed by atoms with Crippen molar-refractivity contribution < 1.29 is 5.11 Å². The molecule has 0 saturated carbocycles. The number of nitrogens with zero attached hydrogens (tertiary/aromatic N) is 3. The highest BCUT2D eigenvalue weighted by Crippen LogP contribution is 2.31. The Labute approximate surface area is 115 Å². The summed E-state index contributed by atoms with van der Waals surface area (Å²) in [5.74, 6) is 0.846. The maximum absolute atomic E-state index is 10.2. The van der Waals surface area contributed by atoms with Crippen molar-refractivity contribution >= 4 is 5.82 Å². The first-order chi connectivity index (χ1) is 9.78. The maximum Gasteiger partial charge on any atom is 0.148 e.